The Morgan fingerprint density at radius 1 is 1.17 bits per heavy atom. The van der Waals surface area contributed by atoms with Gasteiger partial charge in [-0.05, 0) is 48.4 Å². The normalized spacial score (nSPS) is 10.6. The molecule has 0 aliphatic rings. The van der Waals surface area contributed by atoms with E-state index in [2.05, 4.69) is 10.3 Å². The monoisotopic (exact) mass is 428 g/mol. The summed E-state index contributed by atoms with van der Waals surface area (Å²) in [6.45, 7) is 3.09. The molecule has 30 heavy (non-hydrogen) atoms. The molecule has 0 fully saturated rings. The number of methoxy groups -OCH3 is 1. The van der Waals surface area contributed by atoms with Gasteiger partial charge in [0.25, 0.3) is 0 Å². The van der Waals surface area contributed by atoms with Crippen LogP contribution < -0.4 is 14.8 Å². The quantitative estimate of drug-likeness (QED) is 0.489. The molecule has 0 saturated heterocycles. The highest BCUT2D eigenvalue weighted by Crippen LogP contribution is 2.28. The van der Waals surface area contributed by atoms with Crippen LogP contribution in [-0.2, 0) is 17.8 Å². The standard InChI is InChI=1S/C23H25ClN2O4/c1-3-12-29-19-9-4-16(13-20(19)28-2)14-25-22(27)10-11-23-26-15-21(30-23)17-5-7-18(24)8-6-17/h4-9,13,15H,3,10-12,14H2,1-2H3,(H,25,27). The van der Waals surface area contributed by atoms with Crippen LogP contribution in [0.2, 0.25) is 5.02 Å². The number of oxazole rings is 1. The maximum absolute atomic E-state index is 12.2. The molecular weight excluding hydrogens is 404 g/mol. The summed E-state index contributed by atoms with van der Waals surface area (Å²) in [5, 5.41) is 3.57. The third-order valence-corrected chi connectivity index (χ3v) is 4.68. The molecule has 0 aliphatic heterocycles. The topological polar surface area (TPSA) is 73.6 Å². The fraction of sp³-hybridized carbons (Fsp3) is 0.304. The summed E-state index contributed by atoms with van der Waals surface area (Å²) < 4.78 is 16.8. The molecule has 3 aromatic rings. The Morgan fingerprint density at radius 3 is 2.70 bits per heavy atom. The van der Waals surface area contributed by atoms with Crippen LogP contribution in [-0.4, -0.2) is 24.6 Å². The highest BCUT2D eigenvalue weighted by Gasteiger charge is 2.10. The first-order valence-electron chi connectivity index (χ1n) is 9.86. The van der Waals surface area contributed by atoms with Gasteiger partial charge in [-0.3, -0.25) is 4.79 Å². The average molecular weight is 429 g/mol. The fourth-order valence-corrected chi connectivity index (χ4v) is 2.96. The number of nitrogens with one attached hydrogen (secondary N) is 1. The molecule has 7 heteroatoms. The SMILES string of the molecule is CCCOc1ccc(CNC(=O)CCc2ncc(-c3ccc(Cl)cc3)o2)cc1OC. The molecule has 0 saturated carbocycles. The molecule has 0 radical (unpaired) electrons. The smallest absolute Gasteiger partial charge is 0.220 e. The zero-order valence-electron chi connectivity index (χ0n) is 17.1. The molecular formula is C23H25ClN2O4. The Balaban J connectivity index is 1.49. The van der Waals surface area contributed by atoms with E-state index in [1.165, 1.54) is 0 Å². The van der Waals surface area contributed by atoms with Gasteiger partial charge < -0.3 is 19.2 Å². The summed E-state index contributed by atoms with van der Waals surface area (Å²) >= 11 is 5.90. The van der Waals surface area contributed by atoms with E-state index in [-0.39, 0.29) is 12.3 Å². The Kier molecular flexibility index (Phi) is 7.74. The van der Waals surface area contributed by atoms with Crippen LogP contribution in [0.25, 0.3) is 11.3 Å². The van der Waals surface area contributed by atoms with E-state index < -0.39 is 0 Å². The maximum atomic E-state index is 12.2. The fourth-order valence-electron chi connectivity index (χ4n) is 2.84. The number of aromatic nitrogens is 1. The van der Waals surface area contributed by atoms with E-state index in [0.717, 1.165) is 17.5 Å². The van der Waals surface area contributed by atoms with E-state index in [4.69, 9.17) is 25.5 Å². The van der Waals surface area contributed by atoms with Gasteiger partial charge in [0, 0.05) is 30.0 Å². The molecule has 1 N–H and O–H groups in total. The summed E-state index contributed by atoms with van der Waals surface area (Å²) in [6.07, 6.45) is 3.29. The van der Waals surface area contributed by atoms with Gasteiger partial charge in [0.05, 0.1) is 19.9 Å². The number of carbonyl (C=O) groups is 1. The number of rotatable bonds is 10. The van der Waals surface area contributed by atoms with Crippen molar-refractivity contribution in [3.63, 3.8) is 0 Å². The second-order valence-corrected chi connectivity index (χ2v) is 7.17. The predicted molar refractivity (Wildman–Crippen MR) is 116 cm³/mol. The Labute approximate surface area is 181 Å². The van der Waals surface area contributed by atoms with Crippen LogP contribution >= 0.6 is 11.6 Å². The molecule has 6 nitrogen and oxygen atoms in total. The number of halogens is 1. The molecule has 0 aliphatic carbocycles. The summed E-state index contributed by atoms with van der Waals surface area (Å²) in [5.41, 5.74) is 1.83. The van der Waals surface area contributed by atoms with Gasteiger partial charge in [0.2, 0.25) is 5.91 Å². The first kappa shape index (κ1) is 21.7. The highest BCUT2D eigenvalue weighted by molar-refractivity contribution is 6.30. The molecule has 2 aromatic carbocycles. The first-order valence-corrected chi connectivity index (χ1v) is 10.2. The molecule has 1 amide bonds. The van der Waals surface area contributed by atoms with Crippen LogP contribution in [0.5, 0.6) is 11.5 Å². The number of nitrogens with zero attached hydrogens (tertiary/aromatic N) is 1. The van der Waals surface area contributed by atoms with E-state index in [0.29, 0.717) is 47.7 Å². The number of ether oxygens (including phenoxy) is 2. The van der Waals surface area contributed by atoms with E-state index in [1.807, 2.05) is 37.3 Å². The van der Waals surface area contributed by atoms with Crippen molar-refractivity contribution in [2.24, 2.45) is 0 Å². The summed E-state index contributed by atoms with van der Waals surface area (Å²) in [6, 6.07) is 13.0. The van der Waals surface area contributed by atoms with E-state index >= 15 is 0 Å². The lowest BCUT2D eigenvalue weighted by molar-refractivity contribution is -0.121. The zero-order chi connectivity index (χ0) is 21.3. The summed E-state index contributed by atoms with van der Waals surface area (Å²) in [5.74, 6) is 2.46. The van der Waals surface area contributed by atoms with Crippen LogP contribution in [0.3, 0.4) is 0 Å². The number of hydrogen-bond acceptors (Lipinski definition) is 5. The molecule has 1 heterocycles. The maximum Gasteiger partial charge on any atom is 0.220 e. The minimum Gasteiger partial charge on any atom is -0.493 e. The van der Waals surface area contributed by atoms with Gasteiger partial charge in [0.1, 0.15) is 0 Å². The van der Waals surface area contributed by atoms with Crippen molar-refractivity contribution in [3.05, 3.63) is 65.1 Å². The largest absolute Gasteiger partial charge is 0.493 e. The molecule has 158 valence electrons. The third kappa shape index (κ3) is 6.00. The Hall–Kier alpha value is -2.99. The summed E-state index contributed by atoms with van der Waals surface area (Å²) in [7, 11) is 1.60. The van der Waals surface area contributed by atoms with Crippen LogP contribution in [0.15, 0.2) is 53.1 Å². The molecule has 0 bridgehead atoms. The van der Waals surface area contributed by atoms with Crippen LogP contribution in [0, 0.1) is 0 Å². The van der Waals surface area contributed by atoms with Crippen molar-refractivity contribution >= 4 is 17.5 Å². The molecule has 0 atom stereocenters. The molecule has 1 aromatic heterocycles. The number of hydrogen-bond donors (Lipinski definition) is 1. The lowest BCUT2D eigenvalue weighted by Crippen LogP contribution is -2.23. The van der Waals surface area contributed by atoms with Gasteiger partial charge in [-0.25, -0.2) is 4.98 Å². The number of carbonyl (C=O) groups excluding carboxylic acids is 1. The highest BCUT2D eigenvalue weighted by atomic mass is 35.5. The zero-order valence-corrected chi connectivity index (χ0v) is 17.9. The van der Waals surface area contributed by atoms with Crippen molar-refractivity contribution in [2.45, 2.75) is 32.7 Å². The summed E-state index contributed by atoms with van der Waals surface area (Å²) in [4.78, 5) is 16.5. The average Bonchev–Trinajstić information content (AvgIpc) is 3.24. The number of benzene rings is 2. The van der Waals surface area contributed by atoms with E-state index in [9.17, 15) is 4.79 Å². The number of aryl methyl sites for hydroxylation is 1. The number of amides is 1. The Bertz CT molecular complexity index is 970. The molecule has 3 rings (SSSR count). The van der Waals surface area contributed by atoms with Gasteiger partial charge in [-0.15, -0.1) is 0 Å². The minimum absolute atomic E-state index is 0.0773. The van der Waals surface area contributed by atoms with Gasteiger partial charge in [-0.2, -0.15) is 0 Å². The lowest BCUT2D eigenvalue weighted by atomic mass is 10.2. The first-order chi connectivity index (χ1) is 14.6. The third-order valence-electron chi connectivity index (χ3n) is 4.43. The van der Waals surface area contributed by atoms with Gasteiger partial charge in [0.15, 0.2) is 23.1 Å². The van der Waals surface area contributed by atoms with E-state index in [1.54, 1.807) is 25.4 Å². The Morgan fingerprint density at radius 2 is 1.97 bits per heavy atom. The van der Waals surface area contributed by atoms with Crippen molar-refractivity contribution in [1.82, 2.24) is 10.3 Å². The second kappa shape index (κ2) is 10.7. The van der Waals surface area contributed by atoms with Crippen molar-refractivity contribution in [1.29, 1.82) is 0 Å². The van der Waals surface area contributed by atoms with Crippen molar-refractivity contribution in [2.75, 3.05) is 13.7 Å². The molecule has 0 unspecified atom stereocenters. The van der Waals surface area contributed by atoms with Crippen molar-refractivity contribution in [3.8, 4) is 22.8 Å². The lowest BCUT2D eigenvalue weighted by Gasteiger charge is -2.12. The van der Waals surface area contributed by atoms with Crippen LogP contribution in [0.1, 0.15) is 31.2 Å². The van der Waals surface area contributed by atoms with Gasteiger partial charge >= 0.3 is 0 Å². The van der Waals surface area contributed by atoms with Crippen molar-refractivity contribution < 1.29 is 18.7 Å². The minimum atomic E-state index is -0.0773. The second-order valence-electron chi connectivity index (χ2n) is 6.74. The van der Waals surface area contributed by atoms with Crippen LogP contribution in [0.4, 0.5) is 0 Å². The molecule has 0 spiro atoms. The predicted octanol–water partition coefficient (Wildman–Crippen LogP) is 5.04. The van der Waals surface area contributed by atoms with Gasteiger partial charge in [-0.1, -0.05) is 24.6 Å².